The van der Waals surface area contributed by atoms with Gasteiger partial charge in [0.2, 0.25) is 0 Å². The first kappa shape index (κ1) is 14.2. The quantitative estimate of drug-likeness (QED) is 0.770. The molecule has 6 heteroatoms. The molecule has 3 N–H and O–H groups in total. The van der Waals surface area contributed by atoms with Gasteiger partial charge in [-0.3, -0.25) is 0 Å². The van der Waals surface area contributed by atoms with Crippen molar-refractivity contribution in [2.24, 2.45) is 5.73 Å². The van der Waals surface area contributed by atoms with Gasteiger partial charge in [-0.15, -0.1) is 0 Å². The molecule has 1 saturated heterocycles. The largest absolute Gasteiger partial charge is 0.329 e. The highest BCUT2D eigenvalue weighted by atomic mass is 32.2. The van der Waals surface area contributed by atoms with E-state index in [2.05, 4.69) is 10.4 Å². The summed E-state index contributed by atoms with van der Waals surface area (Å²) >= 11 is 0. The van der Waals surface area contributed by atoms with Crippen LogP contribution < -0.4 is 11.2 Å². The van der Waals surface area contributed by atoms with Crippen molar-refractivity contribution >= 4 is 9.84 Å². The van der Waals surface area contributed by atoms with Crippen LogP contribution in [0.5, 0.6) is 0 Å². The Labute approximate surface area is 110 Å². The van der Waals surface area contributed by atoms with Crippen molar-refractivity contribution in [2.75, 3.05) is 25.9 Å². The van der Waals surface area contributed by atoms with Crippen LogP contribution in [0.25, 0.3) is 0 Å². The minimum absolute atomic E-state index is 0.336. The lowest BCUT2D eigenvalue weighted by Crippen LogP contribution is -2.64. The highest BCUT2D eigenvalue weighted by Crippen LogP contribution is 2.34. The van der Waals surface area contributed by atoms with Crippen molar-refractivity contribution in [3.8, 4) is 0 Å². The Hall–Kier alpha value is -0.170. The van der Waals surface area contributed by atoms with Crippen molar-refractivity contribution in [1.29, 1.82) is 0 Å². The molecule has 1 heterocycles. The monoisotopic (exact) mass is 275 g/mol. The fourth-order valence-electron chi connectivity index (χ4n) is 3.39. The molecule has 1 saturated carbocycles. The number of nitrogens with one attached hydrogen (secondary N) is 1. The molecular formula is C12H25N3O2S. The first-order valence-corrected chi connectivity index (χ1v) is 8.85. The van der Waals surface area contributed by atoms with Gasteiger partial charge < -0.3 is 5.73 Å². The zero-order chi connectivity index (χ0) is 13.2. The topological polar surface area (TPSA) is 75.4 Å². The molecule has 1 aliphatic heterocycles. The van der Waals surface area contributed by atoms with Crippen LogP contribution in [0.15, 0.2) is 0 Å². The molecule has 0 aromatic carbocycles. The third kappa shape index (κ3) is 2.87. The van der Waals surface area contributed by atoms with E-state index in [1.807, 2.05) is 0 Å². The van der Waals surface area contributed by atoms with Crippen molar-refractivity contribution < 1.29 is 8.42 Å². The van der Waals surface area contributed by atoms with E-state index in [1.165, 1.54) is 25.5 Å². The van der Waals surface area contributed by atoms with Gasteiger partial charge in [0.1, 0.15) is 0 Å². The number of hydrogen-bond acceptors (Lipinski definition) is 5. The molecule has 2 fully saturated rings. The van der Waals surface area contributed by atoms with Crippen molar-refractivity contribution in [3.05, 3.63) is 0 Å². The minimum Gasteiger partial charge on any atom is -0.329 e. The average molecular weight is 275 g/mol. The second-order valence-electron chi connectivity index (χ2n) is 5.73. The van der Waals surface area contributed by atoms with Gasteiger partial charge in [0.05, 0.1) is 10.8 Å². The van der Waals surface area contributed by atoms with E-state index in [0.29, 0.717) is 6.54 Å². The summed E-state index contributed by atoms with van der Waals surface area (Å²) < 4.78 is 23.9. The Kier molecular flexibility index (Phi) is 4.31. The summed E-state index contributed by atoms with van der Waals surface area (Å²) in [6.07, 6.45) is 7.49. The maximum Gasteiger partial charge on any atom is 0.152 e. The second kappa shape index (κ2) is 5.45. The van der Waals surface area contributed by atoms with E-state index in [9.17, 15) is 8.42 Å². The smallest absolute Gasteiger partial charge is 0.152 e. The molecule has 2 rings (SSSR count). The normalized spacial score (nSPS) is 34.9. The summed E-state index contributed by atoms with van der Waals surface area (Å²) in [6.45, 7) is 2.39. The number of sulfone groups is 1. The lowest BCUT2D eigenvalue weighted by molar-refractivity contribution is 0.0868. The lowest BCUT2D eigenvalue weighted by Gasteiger charge is -2.41. The molecule has 0 aromatic heterocycles. The number of hydrazine groups is 1. The molecule has 106 valence electrons. The molecule has 2 aliphatic rings. The predicted molar refractivity (Wildman–Crippen MR) is 72.8 cm³/mol. The molecule has 2 unspecified atom stereocenters. The van der Waals surface area contributed by atoms with Gasteiger partial charge in [-0.2, -0.15) is 0 Å². The van der Waals surface area contributed by atoms with E-state index >= 15 is 0 Å². The fraction of sp³-hybridized carbons (Fsp3) is 1.00. The first-order chi connectivity index (χ1) is 8.48. The molecule has 0 aromatic rings. The van der Waals surface area contributed by atoms with E-state index in [4.69, 9.17) is 5.73 Å². The van der Waals surface area contributed by atoms with Crippen LogP contribution in [0.3, 0.4) is 0 Å². The Morgan fingerprint density at radius 2 is 1.94 bits per heavy atom. The van der Waals surface area contributed by atoms with Gasteiger partial charge in [-0.25, -0.2) is 18.9 Å². The van der Waals surface area contributed by atoms with Gasteiger partial charge in [0.25, 0.3) is 0 Å². The van der Waals surface area contributed by atoms with Gasteiger partial charge >= 0.3 is 0 Å². The molecule has 0 bridgehead atoms. The molecule has 0 spiro atoms. The van der Waals surface area contributed by atoms with Crippen LogP contribution in [0, 0.1) is 0 Å². The molecule has 18 heavy (non-hydrogen) atoms. The summed E-state index contributed by atoms with van der Waals surface area (Å²) in [7, 11) is -3.04. The van der Waals surface area contributed by atoms with Crippen LogP contribution in [0.1, 0.15) is 38.5 Å². The Morgan fingerprint density at radius 1 is 1.28 bits per heavy atom. The summed E-state index contributed by atoms with van der Waals surface area (Å²) in [6, 6.07) is 0. The summed E-state index contributed by atoms with van der Waals surface area (Å²) in [4.78, 5) is 0. The predicted octanol–water partition coefficient (Wildman–Crippen LogP) is 0.272. The van der Waals surface area contributed by atoms with Gasteiger partial charge in [0.15, 0.2) is 9.84 Å². The number of nitrogens with zero attached hydrogens (tertiary/aromatic N) is 1. The average Bonchev–Trinajstić information content (AvgIpc) is 2.74. The molecule has 0 radical (unpaired) electrons. The van der Waals surface area contributed by atoms with E-state index in [0.717, 1.165) is 32.4 Å². The van der Waals surface area contributed by atoms with Crippen LogP contribution in [-0.2, 0) is 9.84 Å². The SMILES string of the molecule is CS(=O)(=O)C1CCCC1(CN)NN1CCCCC1. The number of hydrogen-bond donors (Lipinski definition) is 2. The van der Waals surface area contributed by atoms with Crippen LogP contribution in [0.2, 0.25) is 0 Å². The van der Waals surface area contributed by atoms with Gasteiger partial charge in [-0.05, 0) is 25.7 Å². The van der Waals surface area contributed by atoms with Crippen LogP contribution >= 0.6 is 0 Å². The van der Waals surface area contributed by atoms with E-state index in [-0.39, 0.29) is 5.25 Å². The zero-order valence-corrected chi connectivity index (χ0v) is 12.0. The Balaban J connectivity index is 2.13. The third-order valence-corrected chi connectivity index (χ3v) is 6.04. The Morgan fingerprint density at radius 3 is 2.50 bits per heavy atom. The van der Waals surface area contributed by atoms with Crippen molar-refractivity contribution in [1.82, 2.24) is 10.4 Å². The van der Waals surface area contributed by atoms with Gasteiger partial charge in [0, 0.05) is 25.9 Å². The van der Waals surface area contributed by atoms with E-state index in [1.54, 1.807) is 0 Å². The van der Waals surface area contributed by atoms with Crippen molar-refractivity contribution in [3.63, 3.8) is 0 Å². The zero-order valence-electron chi connectivity index (χ0n) is 11.2. The molecule has 2 atom stereocenters. The summed E-state index contributed by atoms with van der Waals surface area (Å²) in [5.41, 5.74) is 8.95. The highest BCUT2D eigenvalue weighted by molar-refractivity contribution is 7.91. The van der Waals surface area contributed by atoms with E-state index < -0.39 is 15.4 Å². The highest BCUT2D eigenvalue weighted by Gasteiger charge is 2.48. The summed E-state index contributed by atoms with van der Waals surface area (Å²) in [5, 5.41) is 1.84. The minimum atomic E-state index is -3.04. The second-order valence-corrected chi connectivity index (χ2v) is 7.96. The van der Waals surface area contributed by atoms with Crippen LogP contribution in [0.4, 0.5) is 0 Å². The lowest BCUT2D eigenvalue weighted by atomic mass is 9.98. The number of piperidine rings is 1. The van der Waals surface area contributed by atoms with Crippen molar-refractivity contribution in [2.45, 2.75) is 49.3 Å². The Bertz CT molecular complexity index is 379. The maximum absolute atomic E-state index is 11.9. The molecule has 1 aliphatic carbocycles. The molecule has 0 amide bonds. The summed E-state index contributed by atoms with van der Waals surface area (Å²) in [5.74, 6) is 0. The standard InChI is InChI=1S/C12H25N3O2S/c1-18(16,17)11-6-5-7-12(11,10-13)14-15-8-3-2-4-9-15/h11,14H,2-10,13H2,1H3. The molecule has 5 nitrogen and oxygen atoms in total. The third-order valence-electron chi connectivity index (χ3n) is 4.32. The van der Waals surface area contributed by atoms with Crippen LogP contribution in [-0.4, -0.2) is 50.1 Å². The number of rotatable bonds is 4. The molecular weight excluding hydrogens is 250 g/mol. The first-order valence-electron chi connectivity index (χ1n) is 6.90. The van der Waals surface area contributed by atoms with Gasteiger partial charge in [-0.1, -0.05) is 12.8 Å². The fourth-order valence-corrected chi connectivity index (χ4v) is 5.07. The maximum atomic E-state index is 11.9. The number of nitrogens with two attached hydrogens (primary N) is 1.